The highest BCUT2D eigenvalue weighted by Crippen LogP contribution is 2.19. The van der Waals surface area contributed by atoms with Gasteiger partial charge >= 0.3 is 0 Å². The molecule has 1 aromatic carbocycles. The first-order valence-corrected chi connectivity index (χ1v) is 6.36. The van der Waals surface area contributed by atoms with Crippen molar-refractivity contribution >= 4 is 11.6 Å². The second-order valence-corrected chi connectivity index (χ2v) is 5.00. The normalized spacial score (nSPS) is 25.6. The molecule has 0 aromatic heterocycles. The molecule has 1 aromatic rings. The smallest absolute Gasteiger partial charge is 0.0450 e. The van der Waals surface area contributed by atoms with E-state index >= 15 is 0 Å². The van der Waals surface area contributed by atoms with Gasteiger partial charge in [-0.2, -0.15) is 0 Å². The van der Waals surface area contributed by atoms with Crippen LogP contribution in [-0.2, 0) is 6.54 Å². The van der Waals surface area contributed by atoms with E-state index in [0.29, 0.717) is 12.1 Å². The van der Waals surface area contributed by atoms with Crippen LogP contribution in [0.1, 0.15) is 31.2 Å². The predicted octanol–water partition coefficient (Wildman–Crippen LogP) is 2.70. The van der Waals surface area contributed by atoms with Crippen molar-refractivity contribution in [2.75, 3.05) is 0 Å². The molecule has 0 heterocycles. The van der Waals surface area contributed by atoms with Crippen LogP contribution in [-0.4, -0.2) is 12.1 Å². The lowest BCUT2D eigenvalue weighted by atomic mass is 9.91. The molecule has 0 radical (unpaired) electrons. The molecule has 1 aliphatic rings. The first-order chi connectivity index (χ1) is 7.75. The molecule has 16 heavy (non-hydrogen) atoms. The van der Waals surface area contributed by atoms with Gasteiger partial charge < -0.3 is 11.1 Å². The lowest BCUT2D eigenvalue weighted by molar-refractivity contribution is 0.338. The Kier molecular flexibility index (Phi) is 4.22. The quantitative estimate of drug-likeness (QED) is 0.850. The molecule has 1 saturated carbocycles. The Bertz CT molecular complexity index is 340. The Morgan fingerprint density at radius 2 is 2.12 bits per heavy atom. The molecule has 0 spiro atoms. The molecule has 2 unspecified atom stereocenters. The van der Waals surface area contributed by atoms with Crippen LogP contribution in [0.4, 0.5) is 0 Å². The van der Waals surface area contributed by atoms with E-state index in [0.717, 1.165) is 18.0 Å². The van der Waals surface area contributed by atoms with Gasteiger partial charge in [-0.25, -0.2) is 0 Å². The first-order valence-electron chi connectivity index (χ1n) is 5.98. The number of hydrogen-bond acceptors (Lipinski definition) is 2. The van der Waals surface area contributed by atoms with Gasteiger partial charge in [-0.1, -0.05) is 36.2 Å². The van der Waals surface area contributed by atoms with Crippen LogP contribution in [0.5, 0.6) is 0 Å². The molecule has 0 aliphatic heterocycles. The van der Waals surface area contributed by atoms with Gasteiger partial charge in [-0.15, -0.1) is 0 Å². The number of nitrogens with two attached hydrogens (primary N) is 1. The summed E-state index contributed by atoms with van der Waals surface area (Å²) in [5, 5.41) is 4.39. The van der Waals surface area contributed by atoms with E-state index in [1.807, 2.05) is 18.2 Å². The SMILES string of the molecule is NC1CCCC(NCc2ccccc2Cl)C1. The second-order valence-electron chi connectivity index (χ2n) is 4.60. The van der Waals surface area contributed by atoms with E-state index in [1.165, 1.54) is 24.8 Å². The second kappa shape index (κ2) is 5.67. The third-order valence-corrected chi connectivity index (χ3v) is 3.62. The maximum absolute atomic E-state index is 6.11. The zero-order valence-corrected chi connectivity index (χ0v) is 10.2. The minimum Gasteiger partial charge on any atom is -0.328 e. The van der Waals surface area contributed by atoms with E-state index < -0.39 is 0 Å². The van der Waals surface area contributed by atoms with E-state index in [4.69, 9.17) is 17.3 Å². The number of halogens is 1. The molecule has 0 saturated heterocycles. The predicted molar refractivity (Wildman–Crippen MR) is 68.5 cm³/mol. The van der Waals surface area contributed by atoms with Gasteiger partial charge in [0.2, 0.25) is 0 Å². The van der Waals surface area contributed by atoms with Crippen molar-refractivity contribution in [2.45, 2.75) is 44.3 Å². The van der Waals surface area contributed by atoms with Gasteiger partial charge in [0.05, 0.1) is 0 Å². The number of hydrogen-bond donors (Lipinski definition) is 2. The summed E-state index contributed by atoms with van der Waals surface area (Å²) in [6.45, 7) is 0.844. The summed E-state index contributed by atoms with van der Waals surface area (Å²) >= 11 is 6.11. The fraction of sp³-hybridized carbons (Fsp3) is 0.538. The summed E-state index contributed by atoms with van der Waals surface area (Å²) < 4.78 is 0. The topological polar surface area (TPSA) is 38.0 Å². The minimum atomic E-state index is 0.373. The van der Waals surface area contributed by atoms with Crippen LogP contribution in [0.25, 0.3) is 0 Å². The maximum atomic E-state index is 6.11. The summed E-state index contributed by atoms with van der Waals surface area (Å²) in [5.74, 6) is 0. The van der Waals surface area contributed by atoms with E-state index in [-0.39, 0.29) is 0 Å². The highest BCUT2D eigenvalue weighted by Gasteiger charge is 2.18. The zero-order valence-electron chi connectivity index (χ0n) is 9.45. The largest absolute Gasteiger partial charge is 0.328 e. The molecule has 3 N–H and O–H groups in total. The fourth-order valence-corrected chi connectivity index (χ4v) is 2.51. The number of benzene rings is 1. The van der Waals surface area contributed by atoms with Crippen molar-refractivity contribution in [1.82, 2.24) is 5.32 Å². The molecule has 0 amide bonds. The highest BCUT2D eigenvalue weighted by molar-refractivity contribution is 6.31. The van der Waals surface area contributed by atoms with Crippen LogP contribution in [0.3, 0.4) is 0 Å². The highest BCUT2D eigenvalue weighted by atomic mass is 35.5. The summed E-state index contributed by atoms with van der Waals surface area (Å²) in [7, 11) is 0. The van der Waals surface area contributed by atoms with Crippen LogP contribution < -0.4 is 11.1 Å². The van der Waals surface area contributed by atoms with Gasteiger partial charge in [0.15, 0.2) is 0 Å². The van der Waals surface area contributed by atoms with Crippen LogP contribution in [0.15, 0.2) is 24.3 Å². The zero-order chi connectivity index (χ0) is 11.4. The molecular formula is C13H19ClN2. The van der Waals surface area contributed by atoms with Crippen molar-refractivity contribution in [3.05, 3.63) is 34.9 Å². The van der Waals surface area contributed by atoms with Gasteiger partial charge in [-0.05, 0) is 30.9 Å². The molecule has 2 rings (SSSR count). The van der Waals surface area contributed by atoms with E-state index in [9.17, 15) is 0 Å². The maximum Gasteiger partial charge on any atom is 0.0450 e. The molecule has 1 fully saturated rings. The summed E-state index contributed by atoms with van der Waals surface area (Å²) in [5.41, 5.74) is 7.13. The van der Waals surface area contributed by atoms with Crippen LogP contribution in [0.2, 0.25) is 5.02 Å². The van der Waals surface area contributed by atoms with E-state index in [2.05, 4.69) is 11.4 Å². The standard InChI is InChI=1S/C13H19ClN2/c14-13-7-2-1-4-10(13)9-16-12-6-3-5-11(15)8-12/h1-2,4,7,11-12,16H,3,5-6,8-9,15H2. The van der Waals surface area contributed by atoms with Crippen molar-refractivity contribution < 1.29 is 0 Å². The number of nitrogens with one attached hydrogen (secondary N) is 1. The lowest BCUT2D eigenvalue weighted by Gasteiger charge is -2.27. The van der Waals surface area contributed by atoms with Gasteiger partial charge in [0.25, 0.3) is 0 Å². The average Bonchev–Trinajstić information content (AvgIpc) is 2.28. The van der Waals surface area contributed by atoms with Crippen LogP contribution in [0, 0.1) is 0 Å². The molecule has 0 bridgehead atoms. The van der Waals surface area contributed by atoms with Crippen LogP contribution >= 0.6 is 11.6 Å². The first kappa shape index (κ1) is 11.9. The van der Waals surface area contributed by atoms with Crippen molar-refractivity contribution in [3.63, 3.8) is 0 Å². The molecule has 2 atom stereocenters. The minimum absolute atomic E-state index is 0.373. The van der Waals surface area contributed by atoms with Gasteiger partial charge in [0, 0.05) is 23.7 Å². The average molecular weight is 239 g/mol. The molecule has 2 nitrogen and oxygen atoms in total. The summed E-state index contributed by atoms with van der Waals surface area (Å²) in [6.07, 6.45) is 4.73. The molecule has 3 heteroatoms. The molecule has 1 aliphatic carbocycles. The third kappa shape index (κ3) is 3.21. The summed E-state index contributed by atoms with van der Waals surface area (Å²) in [4.78, 5) is 0. The monoisotopic (exact) mass is 238 g/mol. The Morgan fingerprint density at radius 3 is 2.88 bits per heavy atom. The van der Waals surface area contributed by atoms with Crippen molar-refractivity contribution in [2.24, 2.45) is 5.73 Å². The Hall–Kier alpha value is -0.570. The van der Waals surface area contributed by atoms with Crippen molar-refractivity contribution in [3.8, 4) is 0 Å². The van der Waals surface area contributed by atoms with Gasteiger partial charge in [-0.3, -0.25) is 0 Å². The Morgan fingerprint density at radius 1 is 1.31 bits per heavy atom. The Labute approximate surface area is 102 Å². The van der Waals surface area contributed by atoms with Gasteiger partial charge in [0.1, 0.15) is 0 Å². The molecule has 88 valence electrons. The summed E-state index contributed by atoms with van der Waals surface area (Å²) in [6, 6.07) is 8.92. The van der Waals surface area contributed by atoms with Crippen molar-refractivity contribution in [1.29, 1.82) is 0 Å². The molecular weight excluding hydrogens is 220 g/mol. The fourth-order valence-electron chi connectivity index (χ4n) is 2.31. The lowest BCUT2D eigenvalue weighted by Crippen LogP contribution is -2.39. The number of rotatable bonds is 3. The Balaban J connectivity index is 1.85. The third-order valence-electron chi connectivity index (χ3n) is 3.25. The van der Waals surface area contributed by atoms with E-state index in [1.54, 1.807) is 0 Å².